The van der Waals surface area contributed by atoms with Crippen LogP contribution in [-0.2, 0) is 4.79 Å². The third kappa shape index (κ3) is 3.62. The summed E-state index contributed by atoms with van der Waals surface area (Å²) in [6.45, 7) is 7.46. The van der Waals surface area contributed by atoms with E-state index in [2.05, 4.69) is 11.4 Å². The largest absolute Gasteiger partial charge is 0.392 e. The second kappa shape index (κ2) is 6.56. The number of aliphatic hydroxyl groups is 1. The maximum Gasteiger partial charge on any atom is 0.239 e. The van der Waals surface area contributed by atoms with Gasteiger partial charge in [-0.15, -0.1) is 11.3 Å². The monoisotopic (exact) mass is 307 g/mol. The van der Waals surface area contributed by atoms with Crippen molar-refractivity contribution in [2.75, 3.05) is 25.0 Å². The van der Waals surface area contributed by atoms with Gasteiger partial charge in [-0.05, 0) is 38.3 Å². The minimum absolute atomic E-state index is 0.130. The van der Waals surface area contributed by atoms with Crippen LogP contribution in [0.15, 0.2) is 0 Å². The Bertz CT molecular complexity index is 576. The van der Waals surface area contributed by atoms with Gasteiger partial charge in [0.25, 0.3) is 0 Å². The first-order valence-corrected chi connectivity index (χ1v) is 7.94. The van der Waals surface area contributed by atoms with E-state index in [1.807, 2.05) is 25.7 Å². The number of hydrogen-bond acceptors (Lipinski definition) is 5. The molecule has 1 saturated heterocycles. The summed E-state index contributed by atoms with van der Waals surface area (Å²) >= 11 is 1.43. The van der Waals surface area contributed by atoms with E-state index in [0.29, 0.717) is 17.1 Å². The van der Waals surface area contributed by atoms with Gasteiger partial charge < -0.3 is 10.4 Å². The molecule has 5 nitrogen and oxygen atoms in total. The van der Waals surface area contributed by atoms with Crippen LogP contribution < -0.4 is 5.32 Å². The first-order valence-electron chi connectivity index (χ1n) is 7.12. The summed E-state index contributed by atoms with van der Waals surface area (Å²) in [5, 5.41) is 22.5. The average Bonchev–Trinajstić information content (AvgIpc) is 2.68. The van der Waals surface area contributed by atoms with Crippen LogP contribution in [0.5, 0.6) is 0 Å². The van der Waals surface area contributed by atoms with Crippen LogP contribution in [0.4, 0.5) is 5.00 Å². The molecular formula is C15H21N3O2S. The molecule has 1 aromatic heterocycles. The molecule has 0 aliphatic carbocycles. The summed E-state index contributed by atoms with van der Waals surface area (Å²) in [6, 6.07) is 2.15. The maximum atomic E-state index is 12.1. The molecule has 2 rings (SSSR count). The summed E-state index contributed by atoms with van der Waals surface area (Å²) in [4.78, 5) is 15.1. The summed E-state index contributed by atoms with van der Waals surface area (Å²) in [6.07, 6.45) is 0.530. The number of aliphatic hydroxyl groups excluding tert-OH is 1. The smallest absolute Gasteiger partial charge is 0.239 e. The molecule has 6 heteroatoms. The Morgan fingerprint density at radius 2 is 2.29 bits per heavy atom. The van der Waals surface area contributed by atoms with Gasteiger partial charge in [-0.2, -0.15) is 5.26 Å². The topological polar surface area (TPSA) is 76.4 Å². The molecule has 2 N–H and O–H groups in total. The number of nitrogens with zero attached hydrogens (tertiary/aromatic N) is 2. The molecule has 114 valence electrons. The quantitative estimate of drug-likeness (QED) is 0.894. The van der Waals surface area contributed by atoms with Crippen LogP contribution in [0, 0.1) is 31.1 Å². The molecule has 0 spiro atoms. The van der Waals surface area contributed by atoms with Crippen LogP contribution in [0.2, 0.25) is 0 Å². The fraction of sp³-hybridized carbons (Fsp3) is 0.600. The number of likely N-dealkylation sites (tertiary alicyclic amines) is 1. The molecule has 1 amide bonds. The predicted octanol–water partition coefficient (Wildman–Crippen LogP) is 1.88. The van der Waals surface area contributed by atoms with Gasteiger partial charge in [0.1, 0.15) is 11.1 Å². The third-order valence-corrected chi connectivity index (χ3v) is 5.24. The Kier molecular flexibility index (Phi) is 4.99. The number of piperidine rings is 1. The number of aryl methyl sites for hydroxylation is 1. The molecule has 2 heterocycles. The van der Waals surface area contributed by atoms with E-state index in [9.17, 15) is 15.2 Å². The molecule has 2 unspecified atom stereocenters. The van der Waals surface area contributed by atoms with Crippen molar-refractivity contribution in [2.24, 2.45) is 5.92 Å². The highest BCUT2D eigenvalue weighted by Gasteiger charge is 2.25. The minimum atomic E-state index is -0.368. The van der Waals surface area contributed by atoms with Crippen molar-refractivity contribution in [1.82, 2.24) is 4.90 Å². The molecule has 1 aliphatic rings. The SMILES string of the molecule is Cc1sc(NC(=O)CN2CCC(C)C(O)C2)c(C#N)c1C. The van der Waals surface area contributed by atoms with Crippen molar-refractivity contribution in [1.29, 1.82) is 5.26 Å². The number of hydrogen-bond donors (Lipinski definition) is 2. The lowest BCUT2D eigenvalue weighted by Crippen LogP contribution is -2.45. The summed E-state index contributed by atoms with van der Waals surface area (Å²) < 4.78 is 0. The van der Waals surface area contributed by atoms with Crippen molar-refractivity contribution >= 4 is 22.2 Å². The van der Waals surface area contributed by atoms with Crippen molar-refractivity contribution in [3.8, 4) is 6.07 Å². The Morgan fingerprint density at radius 3 is 2.90 bits per heavy atom. The van der Waals surface area contributed by atoms with Gasteiger partial charge in [-0.3, -0.25) is 9.69 Å². The lowest BCUT2D eigenvalue weighted by molar-refractivity contribution is -0.118. The molecular weight excluding hydrogens is 286 g/mol. The second-order valence-electron chi connectivity index (χ2n) is 5.72. The summed E-state index contributed by atoms with van der Waals surface area (Å²) in [5.41, 5.74) is 1.48. The zero-order valence-corrected chi connectivity index (χ0v) is 13.5. The number of amides is 1. The van der Waals surface area contributed by atoms with Crippen molar-refractivity contribution in [3.63, 3.8) is 0 Å². The predicted molar refractivity (Wildman–Crippen MR) is 83.4 cm³/mol. The van der Waals surface area contributed by atoms with Gasteiger partial charge in [0, 0.05) is 11.4 Å². The van der Waals surface area contributed by atoms with Crippen LogP contribution in [0.1, 0.15) is 29.3 Å². The minimum Gasteiger partial charge on any atom is -0.392 e. The van der Waals surface area contributed by atoms with Crippen molar-refractivity contribution in [2.45, 2.75) is 33.3 Å². The van der Waals surface area contributed by atoms with Gasteiger partial charge in [-0.25, -0.2) is 0 Å². The standard InChI is InChI=1S/C15H21N3O2S/c1-9-4-5-18(7-13(9)19)8-14(20)17-15-12(6-16)10(2)11(3)21-15/h9,13,19H,4-5,7-8H2,1-3H3,(H,17,20). The Balaban J connectivity index is 1.97. The molecule has 1 fully saturated rings. The van der Waals surface area contributed by atoms with E-state index in [-0.39, 0.29) is 24.5 Å². The van der Waals surface area contributed by atoms with E-state index in [1.54, 1.807) is 0 Å². The maximum absolute atomic E-state index is 12.1. The number of carbonyl (C=O) groups excluding carboxylic acids is 1. The zero-order chi connectivity index (χ0) is 15.6. The Morgan fingerprint density at radius 1 is 1.57 bits per heavy atom. The number of carbonyl (C=O) groups is 1. The van der Waals surface area contributed by atoms with Gasteiger partial charge in [0.05, 0.1) is 18.2 Å². The molecule has 1 aliphatic heterocycles. The molecule has 1 aromatic rings. The lowest BCUT2D eigenvalue weighted by atomic mass is 9.96. The summed E-state index contributed by atoms with van der Waals surface area (Å²) in [5.74, 6) is 0.159. The highest BCUT2D eigenvalue weighted by atomic mass is 32.1. The number of thiophene rings is 1. The molecule has 0 aromatic carbocycles. The van der Waals surface area contributed by atoms with Crippen LogP contribution in [0.25, 0.3) is 0 Å². The van der Waals surface area contributed by atoms with Gasteiger partial charge >= 0.3 is 0 Å². The van der Waals surface area contributed by atoms with Gasteiger partial charge in [0.15, 0.2) is 0 Å². The van der Waals surface area contributed by atoms with E-state index in [1.165, 1.54) is 11.3 Å². The van der Waals surface area contributed by atoms with E-state index < -0.39 is 0 Å². The Hall–Kier alpha value is -1.42. The van der Waals surface area contributed by atoms with E-state index in [4.69, 9.17) is 0 Å². The lowest BCUT2D eigenvalue weighted by Gasteiger charge is -2.33. The molecule has 0 radical (unpaired) electrons. The number of anilines is 1. The van der Waals surface area contributed by atoms with E-state index in [0.717, 1.165) is 23.4 Å². The normalized spacial score (nSPS) is 22.8. The van der Waals surface area contributed by atoms with Crippen LogP contribution >= 0.6 is 11.3 Å². The third-order valence-electron chi connectivity index (χ3n) is 4.12. The van der Waals surface area contributed by atoms with E-state index >= 15 is 0 Å². The zero-order valence-electron chi connectivity index (χ0n) is 12.6. The fourth-order valence-electron chi connectivity index (χ4n) is 2.48. The second-order valence-corrected chi connectivity index (χ2v) is 6.94. The number of nitriles is 1. The highest BCUT2D eigenvalue weighted by Crippen LogP contribution is 2.31. The number of β-amino-alcohol motifs (C(OH)–C–C–N with tert-alkyl or cyclic N) is 1. The molecule has 0 bridgehead atoms. The van der Waals surface area contributed by atoms with Crippen LogP contribution in [0.3, 0.4) is 0 Å². The van der Waals surface area contributed by atoms with Crippen LogP contribution in [-0.4, -0.2) is 41.7 Å². The summed E-state index contributed by atoms with van der Waals surface area (Å²) in [7, 11) is 0. The van der Waals surface area contributed by atoms with Crippen molar-refractivity contribution in [3.05, 3.63) is 16.0 Å². The molecule has 0 saturated carbocycles. The Labute approximate surface area is 129 Å². The average molecular weight is 307 g/mol. The molecule has 2 atom stereocenters. The molecule has 21 heavy (non-hydrogen) atoms. The first kappa shape index (κ1) is 16.0. The number of rotatable bonds is 3. The fourth-order valence-corrected chi connectivity index (χ4v) is 3.50. The number of nitrogens with one attached hydrogen (secondary N) is 1. The highest BCUT2D eigenvalue weighted by molar-refractivity contribution is 7.16. The first-order chi connectivity index (χ1) is 9.92. The van der Waals surface area contributed by atoms with Gasteiger partial charge in [-0.1, -0.05) is 6.92 Å². The van der Waals surface area contributed by atoms with Crippen molar-refractivity contribution < 1.29 is 9.90 Å². The van der Waals surface area contributed by atoms with Gasteiger partial charge in [0.2, 0.25) is 5.91 Å².